The molecule has 120 valence electrons. The van der Waals surface area contributed by atoms with Crippen molar-refractivity contribution in [1.82, 2.24) is 0 Å². The molecule has 2 N–H and O–H groups in total. The van der Waals surface area contributed by atoms with Crippen LogP contribution in [0.25, 0.3) is 0 Å². The second-order valence-electron chi connectivity index (χ2n) is 4.97. The second kappa shape index (κ2) is 8.87. The summed E-state index contributed by atoms with van der Waals surface area (Å²) in [4.78, 5) is 2.19. The van der Waals surface area contributed by atoms with Crippen molar-refractivity contribution in [2.24, 2.45) is 0 Å². The molecule has 1 aromatic rings. The molecule has 5 nitrogen and oxygen atoms in total. The van der Waals surface area contributed by atoms with Crippen LogP contribution in [0.1, 0.15) is 26.3 Å². The highest BCUT2D eigenvalue weighted by Gasteiger charge is 2.14. The van der Waals surface area contributed by atoms with E-state index >= 15 is 0 Å². The Hall–Kier alpha value is -1.30. The first-order chi connectivity index (χ1) is 9.99. The van der Waals surface area contributed by atoms with E-state index in [9.17, 15) is 0 Å². The molecule has 1 aromatic carbocycles. The third-order valence-electron chi connectivity index (χ3n) is 3.49. The van der Waals surface area contributed by atoms with Gasteiger partial charge in [-0.1, -0.05) is 0 Å². The maximum Gasteiger partial charge on any atom is 0.154 e. The monoisotopic (exact) mass is 296 g/mol. The van der Waals surface area contributed by atoms with Crippen molar-refractivity contribution in [3.63, 3.8) is 0 Å². The lowest BCUT2D eigenvalue weighted by Gasteiger charge is -2.30. The fraction of sp³-hybridized carbons (Fsp3) is 0.625. The predicted octanol–water partition coefficient (Wildman–Crippen LogP) is 2.78. The van der Waals surface area contributed by atoms with E-state index in [1.165, 1.54) is 0 Å². The molecular weight excluding hydrogens is 268 g/mol. The highest BCUT2D eigenvalue weighted by molar-refractivity contribution is 5.58. The number of nitrogens with two attached hydrogens (primary N) is 1. The third kappa shape index (κ3) is 5.53. The minimum absolute atomic E-state index is 0.0283. The SMILES string of the molecule is CCN(c1ccc(N)c(C)c1)C(C)OCCOC(C)OC. The lowest BCUT2D eigenvalue weighted by molar-refractivity contribution is -0.125. The van der Waals surface area contributed by atoms with Gasteiger partial charge in [-0.25, -0.2) is 0 Å². The molecule has 0 aromatic heterocycles. The normalized spacial score (nSPS) is 14.0. The minimum Gasteiger partial charge on any atom is -0.399 e. The number of aryl methyl sites for hydroxylation is 1. The number of anilines is 2. The molecule has 0 heterocycles. The van der Waals surface area contributed by atoms with Crippen molar-refractivity contribution < 1.29 is 14.2 Å². The zero-order valence-corrected chi connectivity index (χ0v) is 13.8. The van der Waals surface area contributed by atoms with E-state index in [2.05, 4.69) is 17.9 Å². The fourth-order valence-corrected chi connectivity index (χ4v) is 2.08. The second-order valence-corrected chi connectivity index (χ2v) is 4.97. The number of rotatable bonds is 9. The number of benzene rings is 1. The lowest BCUT2D eigenvalue weighted by atomic mass is 10.1. The summed E-state index contributed by atoms with van der Waals surface area (Å²) >= 11 is 0. The van der Waals surface area contributed by atoms with E-state index in [0.29, 0.717) is 13.2 Å². The average Bonchev–Trinajstić information content (AvgIpc) is 2.47. The number of ether oxygens (including phenoxy) is 3. The summed E-state index contributed by atoms with van der Waals surface area (Å²) in [5.41, 5.74) is 8.87. The molecule has 0 saturated carbocycles. The maximum atomic E-state index is 5.87. The Labute approximate surface area is 128 Å². The molecule has 0 aliphatic carbocycles. The molecule has 0 amide bonds. The Kier molecular flexibility index (Phi) is 7.50. The van der Waals surface area contributed by atoms with Crippen LogP contribution in [0.2, 0.25) is 0 Å². The van der Waals surface area contributed by atoms with Gasteiger partial charge in [-0.05, 0) is 51.5 Å². The molecule has 21 heavy (non-hydrogen) atoms. The van der Waals surface area contributed by atoms with Gasteiger partial charge in [0.25, 0.3) is 0 Å². The molecule has 1 rings (SSSR count). The van der Waals surface area contributed by atoms with E-state index in [4.69, 9.17) is 19.9 Å². The average molecular weight is 296 g/mol. The van der Waals surface area contributed by atoms with Crippen molar-refractivity contribution >= 4 is 11.4 Å². The van der Waals surface area contributed by atoms with Crippen LogP contribution in [-0.4, -0.2) is 39.4 Å². The van der Waals surface area contributed by atoms with Crippen molar-refractivity contribution in [3.8, 4) is 0 Å². The van der Waals surface area contributed by atoms with Crippen LogP contribution in [0.4, 0.5) is 11.4 Å². The van der Waals surface area contributed by atoms with Crippen LogP contribution in [0.15, 0.2) is 18.2 Å². The topological polar surface area (TPSA) is 57.0 Å². The fourth-order valence-electron chi connectivity index (χ4n) is 2.08. The quantitative estimate of drug-likeness (QED) is 0.431. The highest BCUT2D eigenvalue weighted by Crippen LogP contribution is 2.22. The standard InChI is InChI=1S/C16H28N2O3/c1-6-18(15-7-8-16(17)12(2)11-15)13(3)20-9-10-21-14(4)19-5/h7-8,11,13-14H,6,9-10,17H2,1-5H3. The number of nitrogens with zero attached hydrogens (tertiary/aromatic N) is 1. The van der Waals surface area contributed by atoms with Gasteiger partial charge in [0.1, 0.15) is 6.23 Å². The maximum absolute atomic E-state index is 5.87. The molecule has 5 heteroatoms. The van der Waals surface area contributed by atoms with Gasteiger partial charge >= 0.3 is 0 Å². The van der Waals surface area contributed by atoms with Gasteiger partial charge < -0.3 is 24.8 Å². The number of hydrogen-bond donors (Lipinski definition) is 1. The van der Waals surface area contributed by atoms with E-state index in [-0.39, 0.29) is 12.5 Å². The summed E-state index contributed by atoms with van der Waals surface area (Å²) < 4.78 is 16.3. The Morgan fingerprint density at radius 1 is 1.19 bits per heavy atom. The van der Waals surface area contributed by atoms with E-state index < -0.39 is 0 Å². The van der Waals surface area contributed by atoms with Gasteiger partial charge in [-0.3, -0.25) is 0 Å². The van der Waals surface area contributed by atoms with E-state index in [0.717, 1.165) is 23.5 Å². The van der Waals surface area contributed by atoms with Crippen molar-refractivity contribution in [3.05, 3.63) is 23.8 Å². The lowest BCUT2D eigenvalue weighted by Crippen LogP contribution is -2.36. The predicted molar refractivity (Wildman–Crippen MR) is 86.4 cm³/mol. The van der Waals surface area contributed by atoms with E-state index in [1.54, 1.807) is 7.11 Å². The summed E-state index contributed by atoms with van der Waals surface area (Å²) in [5, 5.41) is 0. The summed E-state index contributed by atoms with van der Waals surface area (Å²) in [6.45, 7) is 9.91. The zero-order chi connectivity index (χ0) is 15.8. The van der Waals surface area contributed by atoms with Crippen LogP contribution < -0.4 is 10.6 Å². The van der Waals surface area contributed by atoms with Crippen LogP contribution in [0, 0.1) is 6.92 Å². The Morgan fingerprint density at radius 3 is 2.43 bits per heavy atom. The van der Waals surface area contributed by atoms with Crippen LogP contribution in [0.5, 0.6) is 0 Å². The Balaban J connectivity index is 2.52. The summed E-state index contributed by atoms with van der Waals surface area (Å²) in [7, 11) is 1.62. The first-order valence-corrected chi connectivity index (χ1v) is 7.38. The van der Waals surface area contributed by atoms with Gasteiger partial charge in [0.2, 0.25) is 0 Å². The van der Waals surface area contributed by atoms with Crippen molar-refractivity contribution in [1.29, 1.82) is 0 Å². The van der Waals surface area contributed by atoms with Gasteiger partial charge in [-0.15, -0.1) is 0 Å². The van der Waals surface area contributed by atoms with Gasteiger partial charge in [0.05, 0.1) is 13.2 Å². The largest absolute Gasteiger partial charge is 0.399 e. The third-order valence-corrected chi connectivity index (χ3v) is 3.49. The molecule has 0 aliphatic rings. The molecule has 0 bridgehead atoms. The first kappa shape index (κ1) is 17.8. The Bertz CT molecular complexity index is 426. The molecule has 2 unspecified atom stereocenters. The first-order valence-electron chi connectivity index (χ1n) is 7.38. The number of nitrogen functional groups attached to an aromatic ring is 1. The van der Waals surface area contributed by atoms with E-state index in [1.807, 2.05) is 32.9 Å². The summed E-state index contributed by atoms with van der Waals surface area (Å²) in [6.07, 6.45) is -0.231. The molecule has 2 atom stereocenters. The van der Waals surface area contributed by atoms with Crippen LogP contribution in [0.3, 0.4) is 0 Å². The highest BCUT2D eigenvalue weighted by atomic mass is 16.7. The minimum atomic E-state index is -0.203. The van der Waals surface area contributed by atoms with Gasteiger partial charge in [0.15, 0.2) is 6.29 Å². The van der Waals surface area contributed by atoms with Gasteiger partial charge in [-0.2, -0.15) is 0 Å². The molecule has 0 fully saturated rings. The number of hydrogen-bond acceptors (Lipinski definition) is 5. The van der Waals surface area contributed by atoms with Crippen molar-refractivity contribution in [2.45, 2.75) is 40.2 Å². The molecule has 0 radical (unpaired) electrons. The van der Waals surface area contributed by atoms with Crippen molar-refractivity contribution in [2.75, 3.05) is 37.5 Å². The smallest absolute Gasteiger partial charge is 0.154 e. The molecular formula is C16H28N2O3. The van der Waals surface area contributed by atoms with Gasteiger partial charge in [0, 0.05) is 25.0 Å². The number of methoxy groups -OCH3 is 1. The molecule has 0 aliphatic heterocycles. The van der Waals surface area contributed by atoms with Crippen LogP contribution >= 0.6 is 0 Å². The zero-order valence-electron chi connectivity index (χ0n) is 13.8. The summed E-state index contributed by atoms with van der Waals surface area (Å²) in [5.74, 6) is 0. The Morgan fingerprint density at radius 2 is 1.86 bits per heavy atom. The molecule has 0 spiro atoms. The molecule has 0 saturated heterocycles. The summed E-state index contributed by atoms with van der Waals surface area (Å²) in [6, 6.07) is 6.04. The van der Waals surface area contributed by atoms with Crippen LogP contribution in [-0.2, 0) is 14.2 Å².